The molecule has 2 unspecified atom stereocenters. The number of benzene rings is 1. The van der Waals surface area contributed by atoms with Gasteiger partial charge in [0.05, 0.1) is 4.90 Å². The summed E-state index contributed by atoms with van der Waals surface area (Å²) in [5, 5.41) is 3.24. The number of nitrogens with one attached hydrogen (secondary N) is 1. The Bertz CT molecular complexity index is 717. The number of carbonyl (C=O) groups is 1. The lowest BCUT2D eigenvalue weighted by atomic mass is 10.0. The lowest BCUT2D eigenvalue weighted by Gasteiger charge is -2.26. The molecule has 3 aliphatic heterocycles. The first-order valence-corrected chi connectivity index (χ1v) is 9.59. The smallest absolute Gasteiger partial charge is 0.243 e. The van der Waals surface area contributed by atoms with Gasteiger partial charge in [-0.2, -0.15) is 16.1 Å². The van der Waals surface area contributed by atoms with E-state index in [2.05, 4.69) is 5.32 Å². The normalized spacial score (nSPS) is 28.5. The Morgan fingerprint density at radius 2 is 2.14 bits per heavy atom. The van der Waals surface area contributed by atoms with Crippen molar-refractivity contribution in [3.8, 4) is 0 Å². The second-order valence-electron chi connectivity index (χ2n) is 5.79. The van der Waals surface area contributed by atoms with Gasteiger partial charge in [0, 0.05) is 35.7 Å². The number of hydrogen-bond donors (Lipinski definition) is 1. The average Bonchev–Trinajstić information content (AvgIpc) is 3.09. The molecule has 1 aromatic carbocycles. The van der Waals surface area contributed by atoms with Gasteiger partial charge in [0.1, 0.15) is 0 Å². The zero-order valence-electron chi connectivity index (χ0n) is 11.4. The second kappa shape index (κ2) is 4.72. The molecular formula is C14H16N2O3S2. The molecule has 2 fully saturated rings. The molecule has 4 rings (SSSR count). The van der Waals surface area contributed by atoms with E-state index in [-0.39, 0.29) is 11.9 Å². The Hall–Kier alpha value is -1.05. The van der Waals surface area contributed by atoms with Crippen LogP contribution in [0.4, 0.5) is 5.69 Å². The monoisotopic (exact) mass is 324 g/mol. The van der Waals surface area contributed by atoms with E-state index in [1.165, 1.54) is 0 Å². The molecule has 1 N–H and O–H groups in total. The standard InChI is InChI=1S/C14H16N2O3S2/c17-14-4-1-9-5-12(2-3-13(9)15-14)21(18,19)16-7-11-6-10(16)8-20-11/h2-3,5,10-11H,1,4,6-8H2,(H,15,17). The molecule has 0 radical (unpaired) electrons. The van der Waals surface area contributed by atoms with Crippen molar-refractivity contribution in [2.24, 2.45) is 0 Å². The predicted octanol–water partition coefficient (Wildman–Crippen LogP) is 1.45. The number of rotatable bonds is 2. The summed E-state index contributed by atoms with van der Waals surface area (Å²) in [6, 6.07) is 5.20. The minimum absolute atomic E-state index is 0.00742. The van der Waals surface area contributed by atoms with Crippen LogP contribution in [-0.4, -0.2) is 42.2 Å². The molecule has 7 heteroatoms. The number of carbonyl (C=O) groups excluding carboxylic acids is 1. The molecule has 1 aromatic rings. The van der Waals surface area contributed by atoms with Crippen LogP contribution in [0.3, 0.4) is 0 Å². The van der Waals surface area contributed by atoms with E-state index in [1.54, 1.807) is 22.5 Å². The van der Waals surface area contributed by atoms with Crippen LogP contribution in [0.25, 0.3) is 0 Å². The predicted molar refractivity (Wildman–Crippen MR) is 81.9 cm³/mol. The molecule has 2 bridgehead atoms. The Morgan fingerprint density at radius 1 is 1.29 bits per heavy atom. The maximum absolute atomic E-state index is 12.8. The Balaban J connectivity index is 1.68. The third kappa shape index (κ3) is 2.18. The zero-order chi connectivity index (χ0) is 14.6. The molecule has 2 atom stereocenters. The Kier molecular flexibility index (Phi) is 3.06. The third-order valence-electron chi connectivity index (χ3n) is 4.43. The van der Waals surface area contributed by atoms with Gasteiger partial charge < -0.3 is 5.32 Å². The van der Waals surface area contributed by atoms with Gasteiger partial charge in [-0.1, -0.05) is 0 Å². The van der Waals surface area contributed by atoms with E-state index in [4.69, 9.17) is 0 Å². The molecule has 2 saturated heterocycles. The molecule has 3 aliphatic rings. The van der Waals surface area contributed by atoms with E-state index in [0.29, 0.717) is 29.5 Å². The summed E-state index contributed by atoms with van der Waals surface area (Å²) in [6.45, 7) is 0.630. The maximum atomic E-state index is 12.8. The van der Waals surface area contributed by atoms with Crippen molar-refractivity contribution < 1.29 is 13.2 Å². The highest BCUT2D eigenvalue weighted by Gasteiger charge is 2.45. The van der Waals surface area contributed by atoms with Crippen molar-refractivity contribution in [1.82, 2.24) is 4.31 Å². The summed E-state index contributed by atoms with van der Waals surface area (Å²) in [5.41, 5.74) is 1.65. The lowest BCUT2D eigenvalue weighted by molar-refractivity contribution is -0.116. The summed E-state index contributed by atoms with van der Waals surface area (Å²) in [7, 11) is -3.41. The van der Waals surface area contributed by atoms with Crippen LogP contribution < -0.4 is 5.32 Å². The van der Waals surface area contributed by atoms with Gasteiger partial charge in [0.25, 0.3) is 0 Å². The first-order valence-electron chi connectivity index (χ1n) is 7.10. The van der Waals surface area contributed by atoms with Crippen LogP contribution in [0.2, 0.25) is 0 Å². The van der Waals surface area contributed by atoms with Crippen molar-refractivity contribution in [3.63, 3.8) is 0 Å². The van der Waals surface area contributed by atoms with Crippen LogP contribution in [0.1, 0.15) is 18.4 Å². The minimum atomic E-state index is -3.41. The quantitative estimate of drug-likeness (QED) is 0.894. The number of aryl methyl sites for hydroxylation is 1. The fourth-order valence-electron chi connectivity index (χ4n) is 3.31. The van der Waals surface area contributed by atoms with Gasteiger partial charge in [0.15, 0.2) is 0 Å². The zero-order valence-corrected chi connectivity index (χ0v) is 13.0. The molecule has 0 spiro atoms. The number of hydrogen-bond acceptors (Lipinski definition) is 4. The lowest BCUT2D eigenvalue weighted by Crippen LogP contribution is -2.39. The topological polar surface area (TPSA) is 66.5 Å². The van der Waals surface area contributed by atoms with E-state index < -0.39 is 10.0 Å². The van der Waals surface area contributed by atoms with Crippen molar-refractivity contribution in [2.75, 3.05) is 17.6 Å². The fourth-order valence-corrected chi connectivity index (χ4v) is 6.67. The van der Waals surface area contributed by atoms with Gasteiger partial charge >= 0.3 is 0 Å². The summed E-state index contributed by atoms with van der Waals surface area (Å²) >= 11 is 1.88. The number of nitrogens with zero attached hydrogens (tertiary/aromatic N) is 1. The van der Waals surface area contributed by atoms with Gasteiger partial charge in [-0.25, -0.2) is 8.42 Å². The molecule has 0 aromatic heterocycles. The number of amides is 1. The van der Waals surface area contributed by atoms with Crippen LogP contribution in [0.5, 0.6) is 0 Å². The molecule has 5 nitrogen and oxygen atoms in total. The van der Waals surface area contributed by atoms with E-state index >= 15 is 0 Å². The first kappa shape index (κ1) is 13.6. The highest BCUT2D eigenvalue weighted by molar-refractivity contribution is 8.00. The number of fused-ring (bicyclic) bond motifs is 3. The number of anilines is 1. The van der Waals surface area contributed by atoms with E-state index in [9.17, 15) is 13.2 Å². The molecular weight excluding hydrogens is 308 g/mol. The third-order valence-corrected chi connectivity index (χ3v) is 7.73. The summed E-state index contributed by atoms with van der Waals surface area (Å²) in [4.78, 5) is 11.7. The summed E-state index contributed by atoms with van der Waals surface area (Å²) < 4.78 is 27.3. The van der Waals surface area contributed by atoms with Gasteiger partial charge in [-0.05, 0) is 36.6 Å². The summed E-state index contributed by atoms with van der Waals surface area (Å²) in [5.74, 6) is 0.900. The van der Waals surface area contributed by atoms with Crippen LogP contribution >= 0.6 is 11.8 Å². The average molecular weight is 324 g/mol. The Labute approximate surface area is 128 Å². The van der Waals surface area contributed by atoms with Crippen molar-refractivity contribution >= 4 is 33.4 Å². The minimum Gasteiger partial charge on any atom is -0.326 e. The number of thioether (sulfide) groups is 1. The van der Waals surface area contributed by atoms with E-state index in [0.717, 1.165) is 23.4 Å². The largest absolute Gasteiger partial charge is 0.326 e. The van der Waals surface area contributed by atoms with Crippen LogP contribution in [0.15, 0.2) is 23.1 Å². The van der Waals surface area contributed by atoms with Gasteiger partial charge in [0.2, 0.25) is 15.9 Å². The summed E-state index contributed by atoms with van der Waals surface area (Å²) in [6.07, 6.45) is 2.00. The SMILES string of the molecule is O=C1CCc2cc(S(=O)(=O)N3CC4CC3CS4)ccc2N1. The molecule has 112 valence electrons. The maximum Gasteiger partial charge on any atom is 0.243 e. The second-order valence-corrected chi connectivity index (χ2v) is 9.01. The highest BCUT2D eigenvalue weighted by atomic mass is 32.2. The van der Waals surface area contributed by atoms with Crippen LogP contribution in [-0.2, 0) is 21.2 Å². The molecule has 0 aliphatic carbocycles. The molecule has 21 heavy (non-hydrogen) atoms. The van der Waals surface area contributed by atoms with Gasteiger partial charge in [-0.15, -0.1) is 0 Å². The van der Waals surface area contributed by atoms with Gasteiger partial charge in [-0.3, -0.25) is 4.79 Å². The van der Waals surface area contributed by atoms with Crippen LogP contribution in [0, 0.1) is 0 Å². The Morgan fingerprint density at radius 3 is 2.86 bits per heavy atom. The molecule has 1 amide bonds. The number of sulfonamides is 1. The highest BCUT2D eigenvalue weighted by Crippen LogP contribution is 2.40. The fraction of sp³-hybridized carbons (Fsp3) is 0.500. The van der Waals surface area contributed by atoms with Crippen molar-refractivity contribution in [3.05, 3.63) is 23.8 Å². The first-order chi connectivity index (χ1) is 10.0. The molecule has 3 heterocycles. The molecule has 0 saturated carbocycles. The van der Waals surface area contributed by atoms with Crippen molar-refractivity contribution in [1.29, 1.82) is 0 Å². The van der Waals surface area contributed by atoms with E-state index in [1.807, 2.05) is 11.8 Å². The van der Waals surface area contributed by atoms with Crippen molar-refractivity contribution in [2.45, 2.75) is 35.4 Å².